The summed E-state index contributed by atoms with van der Waals surface area (Å²) in [7, 11) is -4.43. The lowest BCUT2D eigenvalue weighted by Gasteiger charge is -2.20. The van der Waals surface area contributed by atoms with E-state index in [1.807, 2.05) is 12.2 Å². The quantitative estimate of drug-likeness (QED) is 0.0177. The molecule has 10 nitrogen and oxygen atoms in total. The van der Waals surface area contributed by atoms with Crippen LogP contribution < -0.4 is 5.73 Å². The molecule has 60 heavy (non-hydrogen) atoms. The number of carbonyl (C=O) groups excluding carboxylic acids is 2. The van der Waals surface area contributed by atoms with Crippen LogP contribution in [0.2, 0.25) is 0 Å². The van der Waals surface area contributed by atoms with Gasteiger partial charge in [0.15, 0.2) is 6.10 Å². The van der Waals surface area contributed by atoms with Gasteiger partial charge in [0.25, 0.3) is 0 Å². The first-order chi connectivity index (χ1) is 29.2. The van der Waals surface area contributed by atoms with Gasteiger partial charge in [-0.05, 0) is 44.9 Å². The second-order valence-electron chi connectivity index (χ2n) is 16.2. The number of nitrogens with two attached hydrogens (primary N) is 1. The Morgan fingerprint density at radius 3 is 1.62 bits per heavy atom. The molecule has 0 fully saturated rings. The summed E-state index contributed by atoms with van der Waals surface area (Å²) < 4.78 is 32.7. The Bertz CT molecular complexity index is 1140. The van der Waals surface area contributed by atoms with Crippen LogP contribution in [-0.2, 0) is 32.7 Å². The molecule has 0 aliphatic rings. The third kappa shape index (κ3) is 44.0. The van der Waals surface area contributed by atoms with Gasteiger partial charge in [-0.25, -0.2) is 4.57 Å². The third-order valence-corrected chi connectivity index (χ3v) is 11.3. The maximum atomic E-state index is 12.6. The molecule has 0 amide bonds. The summed E-state index contributed by atoms with van der Waals surface area (Å²) >= 11 is 0. The number of carbonyl (C=O) groups is 2. The Kier molecular flexibility index (Phi) is 43.4. The Labute approximate surface area is 367 Å². The number of phosphoric acid groups is 1. The zero-order valence-electron chi connectivity index (χ0n) is 38.3. The van der Waals surface area contributed by atoms with Crippen molar-refractivity contribution < 1.29 is 42.7 Å². The van der Waals surface area contributed by atoms with E-state index in [1.54, 1.807) is 12.2 Å². The molecule has 0 spiro atoms. The number of esters is 2. The molecule has 0 aromatic heterocycles. The van der Waals surface area contributed by atoms with Crippen molar-refractivity contribution in [3.8, 4) is 0 Å². The highest BCUT2D eigenvalue weighted by molar-refractivity contribution is 7.47. The summed E-state index contributed by atoms with van der Waals surface area (Å²) in [4.78, 5) is 35.0. The minimum Gasteiger partial charge on any atom is -0.462 e. The molecule has 1 unspecified atom stereocenters. The lowest BCUT2D eigenvalue weighted by Crippen LogP contribution is -2.29. The van der Waals surface area contributed by atoms with Gasteiger partial charge >= 0.3 is 19.8 Å². The molecule has 0 aromatic carbocycles. The molecule has 0 saturated carbocycles. The van der Waals surface area contributed by atoms with Crippen LogP contribution in [0.3, 0.4) is 0 Å². The highest BCUT2D eigenvalue weighted by Gasteiger charge is 2.26. The number of phosphoric ester groups is 1. The summed E-state index contributed by atoms with van der Waals surface area (Å²) in [6.45, 7) is 3.50. The van der Waals surface area contributed by atoms with Crippen LogP contribution >= 0.6 is 7.82 Å². The monoisotopic (exact) mass is 868 g/mol. The average molecular weight is 868 g/mol. The van der Waals surface area contributed by atoms with Crippen LogP contribution in [0.5, 0.6) is 0 Å². The van der Waals surface area contributed by atoms with E-state index in [4.69, 9.17) is 24.3 Å². The summed E-state index contributed by atoms with van der Waals surface area (Å²) in [5.74, 6) is -1.02. The molecule has 4 N–H and O–H groups in total. The molecule has 0 saturated heterocycles. The molecule has 0 heterocycles. The van der Waals surface area contributed by atoms with Gasteiger partial charge in [0, 0.05) is 19.4 Å². The van der Waals surface area contributed by atoms with E-state index in [0.29, 0.717) is 19.3 Å². The molecule has 0 aliphatic heterocycles. The summed E-state index contributed by atoms with van der Waals surface area (Å²) in [5.41, 5.74) is 5.35. The van der Waals surface area contributed by atoms with E-state index in [1.165, 1.54) is 128 Å². The first kappa shape index (κ1) is 57.9. The molecule has 0 bridgehead atoms. The molecule has 0 rings (SSSR count). The zero-order chi connectivity index (χ0) is 44.0. The van der Waals surface area contributed by atoms with Crippen LogP contribution in [0.15, 0.2) is 48.6 Å². The number of aliphatic hydroxyl groups is 1. The van der Waals surface area contributed by atoms with Crippen LogP contribution in [-0.4, -0.2) is 60.5 Å². The van der Waals surface area contributed by atoms with Gasteiger partial charge in [-0.2, -0.15) is 0 Å². The summed E-state index contributed by atoms with van der Waals surface area (Å²) in [5, 5.41) is 10.3. The first-order valence-corrected chi connectivity index (χ1v) is 25.7. The van der Waals surface area contributed by atoms with Crippen LogP contribution in [0, 0.1) is 0 Å². The number of ether oxygens (including phenoxy) is 2. The van der Waals surface area contributed by atoms with Crippen molar-refractivity contribution in [2.75, 3.05) is 26.4 Å². The van der Waals surface area contributed by atoms with Gasteiger partial charge in [-0.1, -0.05) is 204 Å². The van der Waals surface area contributed by atoms with Crippen LogP contribution in [0.4, 0.5) is 0 Å². The number of rotatable bonds is 45. The van der Waals surface area contributed by atoms with Gasteiger partial charge in [0.1, 0.15) is 6.61 Å². The van der Waals surface area contributed by atoms with Crippen molar-refractivity contribution >= 4 is 19.8 Å². The second-order valence-corrected chi connectivity index (χ2v) is 17.6. The van der Waals surface area contributed by atoms with E-state index >= 15 is 0 Å². The van der Waals surface area contributed by atoms with Crippen molar-refractivity contribution in [3.63, 3.8) is 0 Å². The van der Waals surface area contributed by atoms with E-state index in [0.717, 1.165) is 38.5 Å². The second kappa shape index (κ2) is 45.0. The maximum Gasteiger partial charge on any atom is 0.472 e. The number of allylic oxidation sites excluding steroid dienone is 7. The first-order valence-electron chi connectivity index (χ1n) is 24.2. The molecule has 0 aromatic rings. The molecule has 0 radical (unpaired) electrons. The predicted molar refractivity (Wildman–Crippen MR) is 249 cm³/mol. The van der Waals surface area contributed by atoms with E-state index in [2.05, 4.69) is 38.2 Å². The van der Waals surface area contributed by atoms with Crippen molar-refractivity contribution in [2.45, 2.75) is 225 Å². The van der Waals surface area contributed by atoms with Gasteiger partial charge in [-0.3, -0.25) is 18.6 Å². The Morgan fingerprint density at radius 2 is 1.07 bits per heavy atom. The van der Waals surface area contributed by atoms with Crippen LogP contribution in [0.25, 0.3) is 0 Å². The summed E-state index contributed by atoms with van der Waals surface area (Å²) in [6.07, 6.45) is 48.9. The normalized spacial score (nSPS) is 14.2. The summed E-state index contributed by atoms with van der Waals surface area (Å²) in [6, 6.07) is 0. The maximum absolute atomic E-state index is 12.6. The standard InChI is InChI=1S/C49H90NO9P/c1-3-5-7-9-11-13-15-17-18-19-20-21-22-23-24-26-28-30-32-34-36-40-48(52)56-44-47(45-58-60(54,55)57-43-42-50)59-49(53)41-37-39-46(51)38-35-33-31-29-27-25-16-14-12-10-8-6-4-2/h12,14,25,27,31,33,35,38,46-47,51H,3-11,13,15-24,26,28-30,32,34,36-37,39-45,50H2,1-2H3,(H,54,55)/b14-12-,27-25-,33-31-,38-35+/t46-,47+/m0/s1. The van der Waals surface area contributed by atoms with Gasteiger partial charge in [-0.15, -0.1) is 0 Å². The molecule has 350 valence electrons. The molecule has 3 atom stereocenters. The lowest BCUT2D eigenvalue weighted by molar-refractivity contribution is -0.161. The topological polar surface area (TPSA) is 155 Å². The van der Waals surface area contributed by atoms with Gasteiger partial charge in [0.05, 0.1) is 19.3 Å². The number of aliphatic hydroxyl groups excluding tert-OH is 1. The van der Waals surface area contributed by atoms with E-state index in [9.17, 15) is 24.2 Å². The molecule has 0 aliphatic carbocycles. The predicted octanol–water partition coefficient (Wildman–Crippen LogP) is 13.3. The Morgan fingerprint density at radius 1 is 0.583 bits per heavy atom. The van der Waals surface area contributed by atoms with Crippen molar-refractivity contribution in [2.24, 2.45) is 5.73 Å². The third-order valence-electron chi connectivity index (χ3n) is 10.3. The Hall–Kier alpha value is -2.07. The fourth-order valence-electron chi connectivity index (χ4n) is 6.68. The molecular weight excluding hydrogens is 778 g/mol. The zero-order valence-corrected chi connectivity index (χ0v) is 39.2. The fraction of sp³-hybridized carbons (Fsp3) is 0.796. The Balaban J connectivity index is 4.21. The fourth-order valence-corrected chi connectivity index (χ4v) is 7.45. The van der Waals surface area contributed by atoms with Crippen LogP contribution in [0.1, 0.15) is 213 Å². The highest BCUT2D eigenvalue weighted by atomic mass is 31.2. The highest BCUT2D eigenvalue weighted by Crippen LogP contribution is 2.43. The minimum absolute atomic E-state index is 0.00291. The number of hydrogen-bond acceptors (Lipinski definition) is 9. The average Bonchev–Trinajstić information content (AvgIpc) is 3.23. The van der Waals surface area contributed by atoms with Gasteiger partial charge < -0.3 is 25.2 Å². The van der Waals surface area contributed by atoms with E-state index in [-0.39, 0.29) is 32.6 Å². The van der Waals surface area contributed by atoms with Crippen molar-refractivity contribution in [1.82, 2.24) is 0 Å². The largest absolute Gasteiger partial charge is 0.472 e. The van der Waals surface area contributed by atoms with Crippen molar-refractivity contribution in [3.05, 3.63) is 48.6 Å². The SMILES string of the molecule is CCCCC/C=C\C/C=C\C/C=C\C=C\[C@H](O)CCCC(=O)O[C@H](COC(=O)CCCCCCCCCCCCCCCCCCCCCCC)COP(=O)(O)OCCN. The number of hydrogen-bond donors (Lipinski definition) is 3. The van der Waals surface area contributed by atoms with E-state index < -0.39 is 38.6 Å². The van der Waals surface area contributed by atoms with Gasteiger partial charge in [0.2, 0.25) is 0 Å². The molecular formula is C49H90NO9P. The van der Waals surface area contributed by atoms with Crippen molar-refractivity contribution in [1.29, 1.82) is 0 Å². The minimum atomic E-state index is -4.43. The molecule has 11 heteroatoms. The number of unbranched alkanes of at least 4 members (excludes halogenated alkanes) is 23. The lowest BCUT2D eigenvalue weighted by atomic mass is 10.0. The smallest absolute Gasteiger partial charge is 0.462 e.